The minimum atomic E-state index is 0.325. The van der Waals surface area contributed by atoms with Crippen LogP contribution in [0.4, 0.5) is 0 Å². The minimum Gasteiger partial charge on any atom is -0.332 e. The van der Waals surface area contributed by atoms with Gasteiger partial charge in [-0.1, -0.05) is 18.2 Å². The van der Waals surface area contributed by atoms with Gasteiger partial charge in [0.2, 0.25) is 0 Å². The summed E-state index contributed by atoms with van der Waals surface area (Å²) in [6, 6.07) is 0. The molecule has 0 fully saturated rings. The molecule has 0 aliphatic heterocycles. The summed E-state index contributed by atoms with van der Waals surface area (Å²) in [4.78, 5) is 4.15. The maximum atomic E-state index is 5.87. The Kier molecular flexibility index (Phi) is 2.00. The van der Waals surface area contributed by atoms with E-state index >= 15 is 0 Å². The number of fused-ring (bicyclic) bond motifs is 1. The number of hydrogen-bond acceptors (Lipinski definition) is 3. The molecule has 0 aliphatic rings. The summed E-state index contributed by atoms with van der Waals surface area (Å²) >= 11 is 5.87. The molecule has 0 saturated carbocycles. The average Bonchev–Trinajstić information content (AvgIpc) is 2.50. The van der Waals surface area contributed by atoms with Crippen LogP contribution in [0.25, 0.3) is 16.6 Å². The Morgan fingerprint density at radius 3 is 2.86 bits per heavy atom. The fourth-order valence-corrected chi connectivity index (χ4v) is 1.51. The molecule has 2 heterocycles. The van der Waals surface area contributed by atoms with Crippen molar-refractivity contribution in [2.75, 3.05) is 0 Å². The average molecular weight is 209 g/mol. The van der Waals surface area contributed by atoms with Gasteiger partial charge in [0.15, 0.2) is 5.15 Å². The molecule has 0 spiro atoms. The van der Waals surface area contributed by atoms with Crippen LogP contribution in [0, 0.1) is 0 Å². The van der Waals surface area contributed by atoms with E-state index in [9.17, 15) is 0 Å². The Labute approximate surface area is 86.2 Å². The number of rotatable bonds is 1. The van der Waals surface area contributed by atoms with E-state index < -0.39 is 0 Å². The molecule has 0 atom stereocenters. The predicted molar refractivity (Wildman–Crippen MR) is 56.0 cm³/mol. The first-order valence-electron chi connectivity index (χ1n) is 4.10. The molecule has 5 heteroatoms. The van der Waals surface area contributed by atoms with Crippen molar-refractivity contribution in [2.24, 2.45) is 7.05 Å². The van der Waals surface area contributed by atoms with Crippen molar-refractivity contribution < 1.29 is 0 Å². The summed E-state index contributed by atoms with van der Waals surface area (Å²) in [5.41, 5.74) is 3.13. The van der Waals surface area contributed by atoms with Crippen LogP contribution in [-0.2, 0) is 7.05 Å². The van der Waals surface area contributed by atoms with Crippen LogP contribution in [0.3, 0.4) is 0 Å². The topological polar surface area (TPSA) is 43.6 Å². The summed E-state index contributed by atoms with van der Waals surface area (Å²) in [6.45, 7) is 5.72. The van der Waals surface area contributed by atoms with E-state index in [1.165, 1.54) is 0 Å². The number of imidazole rings is 1. The number of nitrogens with zero attached hydrogens (tertiary/aromatic N) is 4. The molecule has 72 valence electrons. The highest BCUT2D eigenvalue weighted by Gasteiger charge is 2.12. The van der Waals surface area contributed by atoms with Gasteiger partial charge in [-0.25, -0.2) is 4.98 Å². The van der Waals surface area contributed by atoms with Crippen molar-refractivity contribution in [2.45, 2.75) is 6.92 Å². The normalized spacial score (nSPS) is 10.8. The molecule has 14 heavy (non-hydrogen) atoms. The van der Waals surface area contributed by atoms with E-state index in [0.29, 0.717) is 10.7 Å². The van der Waals surface area contributed by atoms with Gasteiger partial charge in [-0.2, -0.15) is 0 Å². The third-order valence-electron chi connectivity index (χ3n) is 2.00. The number of aryl methyl sites for hydroxylation is 1. The second kappa shape index (κ2) is 3.06. The van der Waals surface area contributed by atoms with E-state index in [0.717, 1.165) is 16.8 Å². The van der Waals surface area contributed by atoms with Crippen molar-refractivity contribution in [3.63, 3.8) is 0 Å². The van der Waals surface area contributed by atoms with Crippen molar-refractivity contribution in [1.29, 1.82) is 0 Å². The lowest BCUT2D eigenvalue weighted by molar-refractivity contribution is 0.933. The lowest BCUT2D eigenvalue weighted by Crippen LogP contribution is -1.96. The predicted octanol–water partition coefficient (Wildman–Crippen LogP) is 2.05. The molecule has 0 N–H and O–H groups in total. The van der Waals surface area contributed by atoms with Gasteiger partial charge < -0.3 is 4.57 Å². The molecule has 0 amide bonds. The summed E-state index contributed by atoms with van der Waals surface area (Å²) in [5, 5.41) is 8.14. The molecule has 4 nitrogen and oxygen atoms in total. The first-order valence-corrected chi connectivity index (χ1v) is 4.48. The Bertz CT molecular complexity index is 515. The van der Waals surface area contributed by atoms with Gasteiger partial charge in [0.05, 0.1) is 11.8 Å². The molecule has 0 aliphatic carbocycles. The van der Waals surface area contributed by atoms with Crippen LogP contribution in [0.5, 0.6) is 0 Å². The molecule has 2 aromatic rings. The Morgan fingerprint density at radius 1 is 1.50 bits per heavy atom. The van der Waals surface area contributed by atoms with Crippen LogP contribution in [-0.4, -0.2) is 19.7 Å². The number of hydrogen-bond donors (Lipinski definition) is 0. The van der Waals surface area contributed by atoms with Crippen LogP contribution >= 0.6 is 11.6 Å². The first kappa shape index (κ1) is 9.15. The Balaban J connectivity index is 2.92. The molecule has 0 aromatic carbocycles. The van der Waals surface area contributed by atoms with Crippen LogP contribution in [0.2, 0.25) is 5.15 Å². The van der Waals surface area contributed by atoms with Gasteiger partial charge >= 0.3 is 0 Å². The highest BCUT2D eigenvalue weighted by atomic mass is 35.5. The van der Waals surface area contributed by atoms with E-state index in [1.807, 2.05) is 18.5 Å². The van der Waals surface area contributed by atoms with Gasteiger partial charge in [0.1, 0.15) is 11.2 Å². The quantitative estimate of drug-likeness (QED) is 0.721. The lowest BCUT2D eigenvalue weighted by atomic mass is 10.2. The smallest absolute Gasteiger partial charge is 0.179 e. The largest absolute Gasteiger partial charge is 0.332 e. The van der Waals surface area contributed by atoms with E-state index in [4.69, 9.17) is 11.6 Å². The van der Waals surface area contributed by atoms with E-state index in [1.54, 1.807) is 6.33 Å². The number of allylic oxidation sites excluding steroid dienone is 1. The molecule has 2 rings (SSSR count). The number of halogens is 1. The molecular formula is C9H9ClN4. The maximum Gasteiger partial charge on any atom is 0.179 e. The van der Waals surface area contributed by atoms with Crippen molar-refractivity contribution >= 4 is 28.2 Å². The monoisotopic (exact) mass is 208 g/mol. The summed E-state index contributed by atoms with van der Waals surface area (Å²) in [6.07, 6.45) is 1.69. The molecule has 0 radical (unpaired) electrons. The van der Waals surface area contributed by atoms with Crippen LogP contribution in [0.15, 0.2) is 12.9 Å². The standard InChI is InChI=1S/C9H9ClN4/c1-5(2)6-8-7(9(10)13-12-6)11-4-14(8)3/h4H,1H2,2-3H3. The molecular weight excluding hydrogens is 200 g/mol. The first-order chi connectivity index (χ1) is 6.61. The number of aromatic nitrogens is 4. The minimum absolute atomic E-state index is 0.325. The highest BCUT2D eigenvalue weighted by molar-refractivity contribution is 6.33. The van der Waals surface area contributed by atoms with Gasteiger partial charge in [-0.15, -0.1) is 10.2 Å². The summed E-state index contributed by atoms with van der Waals surface area (Å²) in [5.74, 6) is 0. The Morgan fingerprint density at radius 2 is 2.21 bits per heavy atom. The van der Waals surface area contributed by atoms with Gasteiger partial charge in [-0.05, 0) is 12.5 Å². The SMILES string of the molecule is C=C(C)c1nnc(Cl)c2ncn(C)c12. The van der Waals surface area contributed by atoms with Crippen molar-refractivity contribution in [1.82, 2.24) is 19.7 Å². The molecule has 0 bridgehead atoms. The van der Waals surface area contributed by atoms with E-state index in [2.05, 4.69) is 21.8 Å². The van der Waals surface area contributed by atoms with Crippen molar-refractivity contribution in [3.8, 4) is 0 Å². The summed E-state index contributed by atoms with van der Waals surface area (Å²) < 4.78 is 1.86. The molecule has 0 unspecified atom stereocenters. The second-order valence-electron chi connectivity index (χ2n) is 3.17. The summed E-state index contributed by atoms with van der Waals surface area (Å²) in [7, 11) is 1.89. The fraction of sp³-hybridized carbons (Fsp3) is 0.222. The van der Waals surface area contributed by atoms with E-state index in [-0.39, 0.29) is 0 Å². The highest BCUT2D eigenvalue weighted by Crippen LogP contribution is 2.24. The third-order valence-corrected chi connectivity index (χ3v) is 2.25. The third kappa shape index (κ3) is 1.19. The molecule has 0 saturated heterocycles. The second-order valence-corrected chi connectivity index (χ2v) is 3.53. The fourth-order valence-electron chi connectivity index (χ4n) is 1.34. The molecule has 2 aromatic heterocycles. The zero-order chi connectivity index (χ0) is 10.3. The van der Waals surface area contributed by atoms with Gasteiger partial charge in [-0.3, -0.25) is 0 Å². The Hall–Kier alpha value is -1.42. The van der Waals surface area contributed by atoms with Crippen molar-refractivity contribution in [3.05, 3.63) is 23.8 Å². The zero-order valence-electron chi connectivity index (χ0n) is 7.95. The maximum absolute atomic E-state index is 5.87. The van der Waals surface area contributed by atoms with Crippen LogP contribution in [0.1, 0.15) is 12.6 Å². The van der Waals surface area contributed by atoms with Gasteiger partial charge in [0.25, 0.3) is 0 Å². The van der Waals surface area contributed by atoms with Gasteiger partial charge in [0, 0.05) is 7.05 Å². The van der Waals surface area contributed by atoms with Crippen LogP contribution < -0.4 is 0 Å². The zero-order valence-corrected chi connectivity index (χ0v) is 8.71. The lowest BCUT2D eigenvalue weighted by Gasteiger charge is -2.02.